The van der Waals surface area contributed by atoms with Crippen LogP contribution in [0.3, 0.4) is 0 Å². The minimum absolute atomic E-state index is 0.0619. The number of amidine groups is 1. The van der Waals surface area contributed by atoms with Gasteiger partial charge in [-0.05, 0) is 25.5 Å². The van der Waals surface area contributed by atoms with Crippen molar-refractivity contribution in [3.63, 3.8) is 0 Å². The van der Waals surface area contributed by atoms with Gasteiger partial charge in [-0.25, -0.2) is 4.99 Å². The van der Waals surface area contributed by atoms with E-state index in [0.717, 1.165) is 18.4 Å². The number of carbonyl (C=O) groups excluding carboxylic acids is 2. The molecule has 0 bridgehead atoms. The molecule has 0 fully saturated rings. The Morgan fingerprint density at radius 3 is 2.41 bits per heavy atom. The number of hydrogen-bond acceptors (Lipinski definition) is 4. The van der Waals surface area contributed by atoms with Gasteiger partial charge in [0.15, 0.2) is 0 Å². The lowest BCUT2D eigenvalue weighted by Gasteiger charge is -2.06. The van der Waals surface area contributed by atoms with Crippen LogP contribution in [0.5, 0.6) is 0 Å². The van der Waals surface area contributed by atoms with E-state index in [-0.39, 0.29) is 17.2 Å². The second-order valence-corrected chi connectivity index (χ2v) is 6.77. The fourth-order valence-electron chi connectivity index (χ4n) is 2.98. The van der Waals surface area contributed by atoms with Crippen LogP contribution in [0.2, 0.25) is 0 Å². The third kappa shape index (κ3) is 4.41. The maximum absolute atomic E-state index is 12.6. The predicted octanol–water partition coefficient (Wildman–Crippen LogP) is 3.34. The Morgan fingerprint density at radius 1 is 1.07 bits per heavy atom. The van der Waals surface area contributed by atoms with Crippen LogP contribution in [-0.2, 0) is 4.79 Å². The molecule has 6 nitrogen and oxygen atoms in total. The van der Waals surface area contributed by atoms with Gasteiger partial charge in [0.2, 0.25) is 0 Å². The first-order valence-corrected chi connectivity index (χ1v) is 9.54. The summed E-state index contributed by atoms with van der Waals surface area (Å²) >= 11 is 0. The van der Waals surface area contributed by atoms with Crippen LogP contribution in [0.4, 0.5) is 0 Å². The molecule has 2 aromatic carbocycles. The van der Waals surface area contributed by atoms with Gasteiger partial charge >= 0.3 is 0 Å². The maximum atomic E-state index is 12.6. The number of hydrogen-bond donors (Lipinski definition) is 2. The van der Waals surface area contributed by atoms with E-state index in [2.05, 4.69) is 15.6 Å². The van der Waals surface area contributed by atoms with E-state index in [1.54, 1.807) is 24.3 Å². The number of fused-ring (bicyclic) bond motifs is 1. The number of nitrogens with zero attached hydrogens (tertiary/aromatic N) is 2. The summed E-state index contributed by atoms with van der Waals surface area (Å²) in [5.74, 6) is -0.429. The first kappa shape index (κ1) is 20.0. The Bertz CT molecular complexity index is 1040. The molecule has 146 valence electrons. The number of amides is 2. The zero-order valence-electron chi connectivity index (χ0n) is 16.5. The van der Waals surface area contributed by atoms with Gasteiger partial charge < -0.3 is 10.6 Å². The van der Waals surface area contributed by atoms with Gasteiger partial charge in [0.05, 0.1) is 5.70 Å². The van der Waals surface area contributed by atoms with Crippen LogP contribution >= 0.6 is 0 Å². The van der Waals surface area contributed by atoms with Crippen molar-refractivity contribution in [3.05, 3.63) is 76.4 Å². The van der Waals surface area contributed by atoms with Crippen molar-refractivity contribution in [2.24, 2.45) is 4.99 Å². The molecule has 6 heteroatoms. The van der Waals surface area contributed by atoms with E-state index < -0.39 is 5.91 Å². The summed E-state index contributed by atoms with van der Waals surface area (Å²) in [5, 5.41) is 15.1. The number of benzene rings is 2. The van der Waals surface area contributed by atoms with Crippen LogP contribution in [0.25, 0.3) is 5.70 Å². The summed E-state index contributed by atoms with van der Waals surface area (Å²) in [5.41, 5.74) is 3.10. The Morgan fingerprint density at radius 2 is 1.76 bits per heavy atom. The first-order chi connectivity index (χ1) is 14.0. The topological polar surface area (TPSA) is 94.3 Å². The lowest BCUT2D eigenvalue weighted by molar-refractivity contribution is -0.117. The van der Waals surface area contributed by atoms with E-state index >= 15 is 0 Å². The molecule has 2 aromatic rings. The van der Waals surface area contributed by atoms with Crippen LogP contribution in [0.15, 0.2) is 59.1 Å². The van der Waals surface area contributed by atoms with Gasteiger partial charge in [0.25, 0.3) is 11.8 Å². The van der Waals surface area contributed by atoms with Gasteiger partial charge in [-0.3, -0.25) is 9.59 Å². The SMILES string of the molecule is CCCCNC(=O)/C(C#N)=C1\N=C(NC(=O)c2ccc(C)cc2)c2ccccc21. The number of unbranched alkanes of at least 4 members (excludes halogenated alkanes) is 1. The third-order valence-corrected chi connectivity index (χ3v) is 4.60. The van der Waals surface area contributed by atoms with Crippen molar-refractivity contribution in [1.29, 1.82) is 5.26 Å². The molecule has 0 aliphatic carbocycles. The van der Waals surface area contributed by atoms with Crippen molar-refractivity contribution in [1.82, 2.24) is 10.6 Å². The van der Waals surface area contributed by atoms with Gasteiger partial charge in [-0.15, -0.1) is 0 Å². The lowest BCUT2D eigenvalue weighted by atomic mass is 10.0. The summed E-state index contributed by atoms with van der Waals surface area (Å²) in [7, 11) is 0. The Balaban J connectivity index is 1.94. The molecule has 1 aliphatic heterocycles. The zero-order valence-corrected chi connectivity index (χ0v) is 16.5. The van der Waals surface area contributed by atoms with Crippen molar-refractivity contribution >= 4 is 23.3 Å². The van der Waals surface area contributed by atoms with E-state index in [1.165, 1.54) is 0 Å². The number of nitriles is 1. The number of aliphatic imine (C=N–C) groups is 1. The largest absolute Gasteiger partial charge is 0.351 e. The van der Waals surface area contributed by atoms with Crippen LogP contribution in [-0.4, -0.2) is 24.2 Å². The average molecular weight is 386 g/mol. The Labute approximate surface area is 170 Å². The summed E-state index contributed by atoms with van der Waals surface area (Å²) in [6.45, 7) is 4.47. The number of rotatable bonds is 5. The molecule has 2 N–H and O–H groups in total. The molecule has 0 saturated carbocycles. The first-order valence-electron chi connectivity index (χ1n) is 9.54. The van der Waals surface area contributed by atoms with E-state index in [9.17, 15) is 14.9 Å². The normalized spacial score (nSPS) is 13.8. The van der Waals surface area contributed by atoms with E-state index in [0.29, 0.717) is 29.1 Å². The molecule has 1 aliphatic rings. The highest BCUT2D eigenvalue weighted by Crippen LogP contribution is 2.30. The maximum Gasteiger partial charge on any atom is 0.264 e. The molecule has 29 heavy (non-hydrogen) atoms. The third-order valence-electron chi connectivity index (χ3n) is 4.60. The Kier molecular flexibility index (Phi) is 6.20. The smallest absolute Gasteiger partial charge is 0.264 e. The molecule has 0 aromatic heterocycles. The predicted molar refractivity (Wildman–Crippen MR) is 112 cm³/mol. The fraction of sp³-hybridized carbons (Fsp3) is 0.217. The van der Waals surface area contributed by atoms with E-state index in [4.69, 9.17) is 0 Å². The zero-order chi connectivity index (χ0) is 20.8. The highest BCUT2D eigenvalue weighted by molar-refractivity contribution is 6.20. The van der Waals surface area contributed by atoms with E-state index in [1.807, 2.05) is 44.2 Å². The number of aryl methyl sites for hydroxylation is 1. The monoisotopic (exact) mass is 386 g/mol. The van der Waals surface area contributed by atoms with Crippen molar-refractivity contribution in [3.8, 4) is 6.07 Å². The second-order valence-electron chi connectivity index (χ2n) is 6.77. The van der Waals surface area contributed by atoms with Gasteiger partial charge in [-0.2, -0.15) is 5.26 Å². The Hall–Kier alpha value is -3.72. The molecule has 0 spiro atoms. The minimum atomic E-state index is -0.458. The van der Waals surface area contributed by atoms with Crippen molar-refractivity contribution in [2.45, 2.75) is 26.7 Å². The minimum Gasteiger partial charge on any atom is -0.351 e. The quantitative estimate of drug-likeness (QED) is 0.469. The molecule has 0 saturated heterocycles. The summed E-state index contributed by atoms with van der Waals surface area (Å²) in [6.07, 6.45) is 1.77. The summed E-state index contributed by atoms with van der Waals surface area (Å²) < 4.78 is 0. The van der Waals surface area contributed by atoms with Crippen LogP contribution < -0.4 is 10.6 Å². The summed E-state index contributed by atoms with van der Waals surface area (Å²) in [4.78, 5) is 29.5. The van der Waals surface area contributed by atoms with Gasteiger partial charge in [0.1, 0.15) is 17.5 Å². The standard InChI is InChI=1S/C23H22N4O2/c1-3-4-13-25-23(29)19(14-24)20-17-7-5-6-8-18(17)21(26-20)27-22(28)16-11-9-15(2)10-12-16/h5-12H,3-4,13H2,1-2H3,(H,25,29)(H,26,27,28)/b20-19-. The molecule has 0 radical (unpaired) electrons. The molecule has 0 unspecified atom stereocenters. The lowest BCUT2D eigenvalue weighted by Crippen LogP contribution is -2.30. The molecule has 1 heterocycles. The van der Waals surface area contributed by atoms with Crippen molar-refractivity contribution in [2.75, 3.05) is 6.54 Å². The molecule has 2 amide bonds. The van der Waals surface area contributed by atoms with Gasteiger partial charge in [0, 0.05) is 23.2 Å². The molecular formula is C23H22N4O2. The van der Waals surface area contributed by atoms with Gasteiger partial charge in [-0.1, -0.05) is 55.3 Å². The van der Waals surface area contributed by atoms with Crippen LogP contribution in [0.1, 0.15) is 46.8 Å². The second kappa shape index (κ2) is 8.98. The number of nitrogens with one attached hydrogen (secondary N) is 2. The average Bonchev–Trinajstić information content (AvgIpc) is 3.07. The number of carbonyl (C=O) groups is 2. The molecular weight excluding hydrogens is 364 g/mol. The highest BCUT2D eigenvalue weighted by Gasteiger charge is 2.27. The van der Waals surface area contributed by atoms with Crippen molar-refractivity contribution < 1.29 is 9.59 Å². The van der Waals surface area contributed by atoms with Crippen LogP contribution in [0, 0.1) is 18.3 Å². The fourth-order valence-corrected chi connectivity index (χ4v) is 2.98. The molecule has 3 rings (SSSR count). The molecule has 0 atom stereocenters. The summed E-state index contributed by atoms with van der Waals surface area (Å²) in [6, 6.07) is 16.4. The highest BCUT2D eigenvalue weighted by atomic mass is 16.2.